The number of halogens is 1. The minimum absolute atomic E-state index is 0.0650. The number of rotatable bonds is 3. The molecule has 0 spiro atoms. The molecule has 0 saturated carbocycles. The molecule has 1 N–H and O–H groups in total. The van der Waals surface area contributed by atoms with Gasteiger partial charge in [-0.05, 0) is 26.3 Å². The van der Waals surface area contributed by atoms with Crippen LogP contribution < -0.4 is 5.32 Å². The first-order chi connectivity index (χ1) is 11.0. The number of aryl methyl sites for hydroxylation is 3. The molecular weight excluding hydrogens is 314 g/mol. The van der Waals surface area contributed by atoms with E-state index in [1.807, 2.05) is 20.2 Å². The summed E-state index contributed by atoms with van der Waals surface area (Å²) in [6.07, 6.45) is 2.76. The number of hydrogen-bond acceptors (Lipinski definition) is 5. The summed E-state index contributed by atoms with van der Waals surface area (Å²) in [6, 6.07) is 3.80. The fraction of sp³-hybridized carbons (Fsp3) is 0.438. The number of nitrogens with one attached hydrogen (secondary N) is 1. The molecule has 2 aromatic heterocycles. The van der Waals surface area contributed by atoms with Gasteiger partial charge >= 0.3 is 0 Å². The highest BCUT2D eigenvalue weighted by atomic mass is 35.5. The Morgan fingerprint density at radius 3 is 2.87 bits per heavy atom. The molecule has 0 aliphatic carbocycles. The Kier molecular flexibility index (Phi) is 4.24. The summed E-state index contributed by atoms with van der Waals surface area (Å²) in [4.78, 5) is 4.42. The lowest BCUT2D eigenvalue weighted by Crippen LogP contribution is -2.24. The smallest absolute Gasteiger partial charge is 0.145 e. The van der Waals surface area contributed by atoms with Crippen molar-refractivity contribution in [3.05, 3.63) is 39.8 Å². The number of pyridine rings is 1. The zero-order chi connectivity index (χ0) is 16.6. The van der Waals surface area contributed by atoms with E-state index < -0.39 is 0 Å². The van der Waals surface area contributed by atoms with E-state index in [4.69, 9.17) is 21.6 Å². The number of hydrogen-bond donors (Lipinski definition) is 1. The standard InChI is InChI=1S/C16H18ClN5O/c1-9-11(7-18)6-13(17)16(19-9)20-14-4-5-23-15(14)12-8-22(3)21-10(12)2/h6,8,14-15H,4-5H2,1-3H3,(H,19,20)/t14-,15+/m0/s1. The van der Waals surface area contributed by atoms with Crippen LogP contribution in [0.5, 0.6) is 0 Å². The number of nitriles is 1. The van der Waals surface area contributed by atoms with Crippen LogP contribution in [0.25, 0.3) is 0 Å². The topological polar surface area (TPSA) is 75.8 Å². The van der Waals surface area contributed by atoms with Crippen LogP contribution in [0, 0.1) is 25.2 Å². The molecule has 6 nitrogen and oxygen atoms in total. The number of nitrogens with zero attached hydrogens (tertiary/aromatic N) is 4. The van der Waals surface area contributed by atoms with E-state index >= 15 is 0 Å². The molecule has 0 unspecified atom stereocenters. The molecule has 3 heterocycles. The molecule has 0 amide bonds. The van der Waals surface area contributed by atoms with Crippen molar-refractivity contribution in [2.24, 2.45) is 7.05 Å². The summed E-state index contributed by atoms with van der Waals surface area (Å²) in [7, 11) is 1.90. The van der Waals surface area contributed by atoms with Crippen molar-refractivity contribution in [1.82, 2.24) is 14.8 Å². The third kappa shape index (κ3) is 3.03. The van der Waals surface area contributed by atoms with Gasteiger partial charge in [-0.3, -0.25) is 4.68 Å². The van der Waals surface area contributed by atoms with Crippen LogP contribution in [0.15, 0.2) is 12.3 Å². The Morgan fingerprint density at radius 2 is 2.22 bits per heavy atom. The largest absolute Gasteiger partial charge is 0.371 e. The van der Waals surface area contributed by atoms with Gasteiger partial charge in [0.1, 0.15) is 18.0 Å². The van der Waals surface area contributed by atoms with Gasteiger partial charge < -0.3 is 10.1 Å². The van der Waals surface area contributed by atoms with Gasteiger partial charge in [0, 0.05) is 25.4 Å². The maximum Gasteiger partial charge on any atom is 0.145 e. The molecule has 23 heavy (non-hydrogen) atoms. The average Bonchev–Trinajstić information content (AvgIpc) is 3.08. The Morgan fingerprint density at radius 1 is 1.43 bits per heavy atom. The van der Waals surface area contributed by atoms with Crippen LogP contribution in [-0.4, -0.2) is 27.4 Å². The minimum Gasteiger partial charge on any atom is -0.371 e. The van der Waals surface area contributed by atoms with Crippen molar-refractivity contribution in [1.29, 1.82) is 5.26 Å². The van der Waals surface area contributed by atoms with Gasteiger partial charge in [-0.25, -0.2) is 4.98 Å². The van der Waals surface area contributed by atoms with Gasteiger partial charge in [-0.1, -0.05) is 11.6 Å². The molecule has 1 saturated heterocycles. The maximum atomic E-state index is 9.04. The predicted molar refractivity (Wildman–Crippen MR) is 87.4 cm³/mol. The van der Waals surface area contributed by atoms with Crippen LogP contribution >= 0.6 is 11.6 Å². The van der Waals surface area contributed by atoms with E-state index in [1.165, 1.54) is 0 Å². The molecule has 2 aromatic rings. The molecule has 2 atom stereocenters. The summed E-state index contributed by atoms with van der Waals surface area (Å²) in [5.41, 5.74) is 3.18. The zero-order valence-corrected chi connectivity index (χ0v) is 14.1. The third-order valence-corrected chi connectivity index (χ3v) is 4.35. The van der Waals surface area contributed by atoms with Gasteiger partial charge in [-0.15, -0.1) is 0 Å². The lowest BCUT2D eigenvalue weighted by Gasteiger charge is -2.21. The molecule has 3 rings (SSSR count). The van der Waals surface area contributed by atoms with Crippen LogP contribution in [0.1, 0.15) is 35.0 Å². The van der Waals surface area contributed by atoms with E-state index in [-0.39, 0.29) is 12.1 Å². The number of ether oxygens (including phenoxy) is 1. The van der Waals surface area contributed by atoms with Gasteiger partial charge in [0.15, 0.2) is 0 Å². The Hall–Kier alpha value is -2.10. The molecule has 1 aliphatic rings. The number of anilines is 1. The molecule has 0 bridgehead atoms. The molecule has 120 valence electrons. The SMILES string of the molecule is Cc1nc(N[C@H]2CCO[C@@H]2c2cn(C)nc2C)c(Cl)cc1C#N. The van der Waals surface area contributed by atoms with Crippen molar-refractivity contribution >= 4 is 17.4 Å². The highest BCUT2D eigenvalue weighted by molar-refractivity contribution is 6.33. The van der Waals surface area contributed by atoms with Gasteiger partial charge in [0.25, 0.3) is 0 Å². The monoisotopic (exact) mass is 331 g/mol. The van der Waals surface area contributed by atoms with Crippen LogP contribution in [-0.2, 0) is 11.8 Å². The van der Waals surface area contributed by atoms with Crippen molar-refractivity contribution in [3.63, 3.8) is 0 Å². The first-order valence-electron chi connectivity index (χ1n) is 7.45. The van der Waals surface area contributed by atoms with Crippen LogP contribution in [0.3, 0.4) is 0 Å². The first-order valence-corrected chi connectivity index (χ1v) is 7.83. The molecule has 1 fully saturated rings. The zero-order valence-electron chi connectivity index (χ0n) is 13.3. The number of aromatic nitrogens is 3. The van der Waals surface area contributed by atoms with E-state index in [0.717, 1.165) is 17.7 Å². The summed E-state index contributed by atoms with van der Waals surface area (Å²) in [6.45, 7) is 4.45. The Balaban J connectivity index is 1.86. The molecule has 1 aliphatic heterocycles. The van der Waals surface area contributed by atoms with Crippen LogP contribution in [0.2, 0.25) is 5.02 Å². The van der Waals surface area contributed by atoms with Crippen molar-refractivity contribution in [2.75, 3.05) is 11.9 Å². The summed E-state index contributed by atoms with van der Waals surface area (Å²) in [5, 5.41) is 17.2. The van der Waals surface area contributed by atoms with Gasteiger partial charge in [0.2, 0.25) is 0 Å². The van der Waals surface area contributed by atoms with E-state index in [2.05, 4.69) is 21.5 Å². The summed E-state index contributed by atoms with van der Waals surface area (Å²) >= 11 is 6.25. The lowest BCUT2D eigenvalue weighted by atomic mass is 10.0. The van der Waals surface area contributed by atoms with E-state index in [1.54, 1.807) is 17.7 Å². The molecule has 0 radical (unpaired) electrons. The Labute approximate surface area is 140 Å². The summed E-state index contributed by atoms with van der Waals surface area (Å²) in [5.74, 6) is 0.588. The lowest BCUT2D eigenvalue weighted by molar-refractivity contribution is 0.107. The van der Waals surface area contributed by atoms with E-state index in [0.29, 0.717) is 28.7 Å². The second kappa shape index (κ2) is 6.19. The third-order valence-electron chi connectivity index (χ3n) is 4.06. The van der Waals surface area contributed by atoms with Crippen molar-refractivity contribution < 1.29 is 4.74 Å². The second-order valence-electron chi connectivity index (χ2n) is 5.74. The second-order valence-corrected chi connectivity index (χ2v) is 6.15. The van der Waals surface area contributed by atoms with Crippen molar-refractivity contribution in [3.8, 4) is 6.07 Å². The fourth-order valence-corrected chi connectivity index (χ4v) is 3.12. The molecule has 0 aromatic carbocycles. The highest BCUT2D eigenvalue weighted by Crippen LogP contribution is 2.34. The minimum atomic E-state index is -0.0856. The van der Waals surface area contributed by atoms with Crippen LogP contribution in [0.4, 0.5) is 5.82 Å². The molecule has 7 heteroatoms. The van der Waals surface area contributed by atoms with Gasteiger partial charge in [0.05, 0.1) is 28.0 Å². The summed E-state index contributed by atoms with van der Waals surface area (Å²) < 4.78 is 7.69. The Bertz CT molecular complexity index is 780. The normalized spacial score (nSPS) is 20.5. The average molecular weight is 332 g/mol. The maximum absolute atomic E-state index is 9.04. The highest BCUT2D eigenvalue weighted by Gasteiger charge is 2.32. The van der Waals surface area contributed by atoms with Crippen molar-refractivity contribution in [2.45, 2.75) is 32.4 Å². The van der Waals surface area contributed by atoms with Gasteiger partial charge in [-0.2, -0.15) is 10.4 Å². The molecular formula is C16H18ClN5O. The fourth-order valence-electron chi connectivity index (χ4n) is 2.91. The predicted octanol–water partition coefficient (Wildman–Crippen LogP) is 2.90. The van der Waals surface area contributed by atoms with E-state index in [9.17, 15) is 0 Å². The quantitative estimate of drug-likeness (QED) is 0.935. The first kappa shape index (κ1) is 15.8.